The van der Waals surface area contributed by atoms with Crippen molar-refractivity contribution in [2.24, 2.45) is 0 Å². The van der Waals surface area contributed by atoms with E-state index in [2.05, 4.69) is 15.5 Å². The standard InChI is InChI=1S/C15H16F3N3O2/c1-9(2)14-21-20-12(23-14)7-8-19-13(22)10-3-5-11(6-4-10)15(16,17)18/h3-6,9H,7-8H2,1-2H3,(H,19,22). The van der Waals surface area contributed by atoms with Gasteiger partial charge in [-0.1, -0.05) is 13.8 Å². The van der Waals surface area contributed by atoms with Crippen molar-refractivity contribution in [3.63, 3.8) is 0 Å². The Hall–Kier alpha value is -2.38. The lowest BCUT2D eigenvalue weighted by Crippen LogP contribution is -2.25. The molecule has 1 heterocycles. The molecule has 23 heavy (non-hydrogen) atoms. The maximum absolute atomic E-state index is 12.4. The lowest BCUT2D eigenvalue weighted by atomic mass is 10.1. The molecule has 2 aromatic rings. The smallest absolute Gasteiger partial charge is 0.416 e. The van der Waals surface area contributed by atoms with E-state index in [0.29, 0.717) is 18.2 Å². The second-order valence-electron chi connectivity index (χ2n) is 5.27. The summed E-state index contributed by atoms with van der Waals surface area (Å²) in [6, 6.07) is 4.03. The summed E-state index contributed by atoms with van der Waals surface area (Å²) in [6.07, 6.45) is -4.06. The van der Waals surface area contributed by atoms with Crippen LogP contribution in [0.25, 0.3) is 0 Å². The van der Waals surface area contributed by atoms with Crippen molar-refractivity contribution >= 4 is 5.91 Å². The van der Waals surface area contributed by atoms with E-state index in [1.165, 1.54) is 0 Å². The van der Waals surface area contributed by atoms with Crippen LogP contribution in [0.4, 0.5) is 13.2 Å². The van der Waals surface area contributed by atoms with Crippen LogP contribution in [0, 0.1) is 0 Å². The predicted molar refractivity (Wildman–Crippen MR) is 75.9 cm³/mol. The summed E-state index contributed by atoms with van der Waals surface area (Å²) in [4.78, 5) is 11.9. The van der Waals surface area contributed by atoms with Gasteiger partial charge < -0.3 is 9.73 Å². The van der Waals surface area contributed by atoms with Crippen molar-refractivity contribution in [3.05, 3.63) is 47.2 Å². The number of nitrogens with zero attached hydrogens (tertiary/aromatic N) is 2. The van der Waals surface area contributed by atoms with Crippen LogP contribution in [0.15, 0.2) is 28.7 Å². The van der Waals surface area contributed by atoms with Crippen molar-refractivity contribution in [2.75, 3.05) is 6.54 Å². The molecular weight excluding hydrogens is 311 g/mol. The molecule has 2 rings (SSSR count). The van der Waals surface area contributed by atoms with Gasteiger partial charge in [0.15, 0.2) is 0 Å². The normalized spacial score (nSPS) is 11.7. The number of nitrogens with one attached hydrogen (secondary N) is 1. The number of rotatable bonds is 5. The Kier molecular flexibility index (Phi) is 5.02. The van der Waals surface area contributed by atoms with Gasteiger partial charge in [-0.2, -0.15) is 13.2 Å². The maximum Gasteiger partial charge on any atom is 0.416 e. The van der Waals surface area contributed by atoms with Crippen molar-refractivity contribution in [3.8, 4) is 0 Å². The molecule has 1 N–H and O–H groups in total. The summed E-state index contributed by atoms with van der Waals surface area (Å²) in [5, 5.41) is 10.3. The summed E-state index contributed by atoms with van der Waals surface area (Å²) >= 11 is 0. The Morgan fingerprint density at radius 2 is 1.87 bits per heavy atom. The summed E-state index contributed by atoms with van der Waals surface area (Å²) < 4.78 is 42.7. The lowest BCUT2D eigenvalue weighted by Gasteiger charge is -2.07. The number of hydrogen-bond acceptors (Lipinski definition) is 4. The van der Waals surface area contributed by atoms with E-state index in [0.717, 1.165) is 24.3 Å². The van der Waals surface area contributed by atoms with Crippen LogP contribution in [-0.4, -0.2) is 22.6 Å². The number of benzene rings is 1. The molecule has 1 aromatic heterocycles. The topological polar surface area (TPSA) is 68.0 Å². The predicted octanol–water partition coefficient (Wildman–Crippen LogP) is 3.18. The minimum atomic E-state index is -4.42. The Labute approximate surface area is 130 Å². The van der Waals surface area contributed by atoms with Gasteiger partial charge in [0.2, 0.25) is 11.8 Å². The highest BCUT2D eigenvalue weighted by Gasteiger charge is 2.30. The Morgan fingerprint density at radius 3 is 2.39 bits per heavy atom. The Bertz CT molecular complexity index is 663. The highest BCUT2D eigenvalue weighted by Crippen LogP contribution is 2.29. The molecule has 1 aromatic carbocycles. The van der Waals surface area contributed by atoms with Crippen molar-refractivity contribution in [1.29, 1.82) is 0 Å². The number of hydrogen-bond donors (Lipinski definition) is 1. The van der Waals surface area contributed by atoms with E-state index in [9.17, 15) is 18.0 Å². The van der Waals surface area contributed by atoms with Crippen molar-refractivity contribution < 1.29 is 22.4 Å². The number of alkyl halides is 3. The van der Waals surface area contributed by atoms with Gasteiger partial charge in [-0.25, -0.2) is 0 Å². The first-order chi connectivity index (χ1) is 10.8. The van der Waals surface area contributed by atoms with Crippen LogP contribution < -0.4 is 5.32 Å². The molecule has 8 heteroatoms. The van der Waals surface area contributed by atoms with E-state index >= 15 is 0 Å². The average molecular weight is 327 g/mol. The number of carbonyl (C=O) groups is 1. The number of amides is 1. The monoisotopic (exact) mass is 327 g/mol. The molecule has 0 bridgehead atoms. The number of aromatic nitrogens is 2. The van der Waals surface area contributed by atoms with E-state index in [1.54, 1.807) is 0 Å². The highest BCUT2D eigenvalue weighted by atomic mass is 19.4. The molecule has 0 aliphatic rings. The lowest BCUT2D eigenvalue weighted by molar-refractivity contribution is -0.137. The van der Waals surface area contributed by atoms with Gasteiger partial charge in [0.25, 0.3) is 5.91 Å². The van der Waals surface area contributed by atoms with E-state index in [1.807, 2.05) is 13.8 Å². The van der Waals surface area contributed by atoms with E-state index in [-0.39, 0.29) is 18.0 Å². The van der Waals surface area contributed by atoms with Gasteiger partial charge >= 0.3 is 6.18 Å². The maximum atomic E-state index is 12.4. The SMILES string of the molecule is CC(C)c1nnc(CCNC(=O)c2ccc(C(F)(F)F)cc2)o1. The second-order valence-corrected chi connectivity index (χ2v) is 5.27. The molecule has 0 saturated carbocycles. The zero-order chi connectivity index (χ0) is 17.0. The number of carbonyl (C=O) groups excluding carboxylic acids is 1. The first kappa shape index (κ1) is 17.0. The van der Waals surface area contributed by atoms with Gasteiger partial charge in [-0.3, -0.25) is 4.79 Å². The quantitative estimate of drug-likeness (QED) is 0.916. The molecule has 5 nitrogen and oxygen atoms in total. The van der Waals surface area contributed by atoms with Crippen molar-refractivity contribution in [1.82, 2.24) is 15.5 Å². The van der Waals surface area contributed by atoms with Crippen LogP contribution in [0.2, 0.25) is 0 Å². The van der Waals surface area contributed by atoms with Crippen LogP contribution in [0.1, 0.15) is 47.5 Å². The average Bonchev–Trinajstić information content (AvgIpc) is 2.95. The molecular formula is C15H16F3N3O2. The summed E-state index contributed by atoms with van der Waals surface area (Å²) in [5.41, 5.74) is -0.632. The summed E-state index contributed by atoms with van der Waals surface area (Å²) in [6.45, 7) is 4.09. The third-order valence-electron chi connectivity index (χ3n) is 3.08. The van der Waals surface area contributed by atoms with Gasteiger partial charge in [0.05, 0.1) is 5.56 Å². The van der Waals surface area contributed by atoms with Gasteiger partial charge in [0.1, 0.15) is 0 Å². The summed E-state index contributed by atoms with van der Waals surface area (Å²) in [5.74, 6) is 0.593. The molecule has 0 atom stereocenters. The molecule has 0 aliphatic carbocycles. The minimum absolute atomic E-state index is 0.123. The molecule has 0 fully saturated rings. The minimum Gasteiger partial charge on any atom is -0.425 e. The Balaban J connectivity index is 1.87. The third kappa shape index (κ3) is 4.54. The van der Waals surface area contributed by atoms with E-state index in [4.69, 9.17) is 4.42 Å². The molecule has 0 unspecified atom stereocenters. The van der Waals surface area contributed by atoms with Gasteiger partial charge in [-0.15, -0.1) is 10.2 Å². The van der Waals surface area contributed by atoms with Gasteiger partial charge in [0, 0.05) is 24.4 Å². The molecule has 0 saturated heterocycles. The zero-order valence-electron chi connectivity index (χ0n) is 12.6. The van der Waals surface area contributed by atoms with Crippen LogP contribution >= 0.6 is 0 Å². The zero-order valence-corrected chi connectivity index (χ0v) is 12.6. The van der Waals surface area contributed by atoms with Gasteiger partial charge in [-0.05, 0) is 24.3 Å². The van der Waals surface area contributed by atoms with Crippen LogP contribution in [-0.2, 0) is 12.6 Å². The third-order valence-corrected chi connectivity index (χ3v) is 3.08. The first-order valence-electron chi connectivity index (χ1n) is 7.05. The van der Waals surface area contributed by atoms with Crippen LogP contribution in [0.5, 0.6) is 0 Å². The fourth-order valence-corrected chi connectivity index (χ4v) is 1.80. The molecule has 0 spiro atoms. The fourth-order valence-electron chi connectivity index (χ4n) is 1.80. The first-order valence-corrected chi connectivity index (χ1v) is 7.05. The highest BCUT2D eigenvalue weighted by molar-refractivity contribution is 5.94. The van der Waals surface area contributed by atoms with Crippen molar-refractivity contribution in [2.45, 2.75) is 32.4 Å². The largest absolute Gasteiger partial charge is 0.425 e. The molecule has 124 valence electrons. The molecule has 0 aliphatic heterocycles. The second kappa shape index (κ2) is 6.80. The summed E-state index contributed by atoms with van der Waals surface area (Å²) in [7, 11) is 0. The molecule has 0 radical (unpaired) electrons. The van der Waals surface area contributed by atoms with E-state index < -0.39 is 17.6 Å². The molecule has 1 amide bonds. The fraction of sp³-hybridized carbons (Fsp3) is 0.400. The number of halogens is 3. The van der Waals surface area contributed by atoms with Crippen LogP contribution in [0.3, 0.4) is 0 Å². The Morgan fingerprint density at radius 1 is 1.22 bits per heavy atom.